The number of halogens is 3. The van der Waals surface area contributed by atoms with Crippen LogP contribution in [-0.4, -0.2) is 31.5 Å². The van der Waals surface area contributed by atoms with Gasteiger partial charge in [0.25, 0.3) is 5.91 Å². The molecule has 0 aromatic heterocycles. The largest absolute Gasteiger partial charge is 0.483 e. The molecule has 4 rings (SSSR count). The summed E-state index contributed by atoms with van der Waals surface area (Å²) in [5.74, 6) is 0.217. The van der Waals surface area contributed by atoms with Gasteiger partial charge in [-0.25, -0.2) is 0 Å². The summed E-state index contributed by atoms with van der Waals surface area (Å²) in [5.41, 5.74) is 2.60. The van der Waals surface area contributed by atoms with Crippen LogP contribution in [0.1, 0.15) is 29.7 Å². The normalized spacial score (nSPS) is 12.4. The van der Waals surface area contributed by atoms with Gasteiger partial charge in [-0.05, 0) is 58.7 Å². The number of fused-ring (bicyclic) bond motifs is 1. The fourth-order valence-electron chi connectivity index (χ4n) is 4.15. The molecule has 0 aliphatic carbocycles. The Bertz CT molecular complexity index is 1380. The van der Waals surface area contributed by atoms with Gasteiger partial charge in [-0.3, -0.25) is 4.79 Å². The number of ether oxygens (including phenoxy) is 1. The van der Waals surface area contributed by atoms with Crippen LogP contribution in [0.25, 0.3) is 21.9 Å². The number of carbonyl (C=O) groups is 1. The first-order chi connectivity index (χ1) is 17.6. The zero-order chi connectivity index (χ0) is 26.6. The van der Waals surface area contributed by atoms with Crippen molar-refractivity contribution in [3.05, 3.63) is 102 Å². The highest BCUT2D eigenvalue weighted by atomic mass is 19.4. The minimum absolute atomic E-state index is 0.0641. The predicted octanol–water partition coefficient (Wildman–Crippen LogP) is 6.84. The van der Waals surface area contributed by atoms with Crippen molar-refractivity contribution < 1.29 is 22.7 Å². The molecular weight excluding hydrogens is 477 g/mol. The van der Waals surface area contributed by atoms with E-state index < -0.39 is 11.7 Å². The standard InChI is InChI=1S/C30H29F3N2O2/c1-20(25-10-6-8-22-7-4-5-9-26(22)25)34-18-21-11-16-28(37-19-29(36)35(2)3)27(17-21)23-12-14-24(15-13-23)30(31,32)33/h4-17,20,34H,18-19H2,1-3H3. The van der Waals surface area contributed by atoms with E-state index in [0.29, 0.717) is 23.4 Å². The molecule has 1 amide bonds. The average molecular weight is 507 g/mol. The van der Waals surface area contributed by atoms with E-state index in [0.717, 1.165) is 17.7 Å². The van der Waals surface area contributed by atoms with E-state index >= 15 is 0 Å². The number of hydrogen-bond acceptors (Lipinski definition) is 3. The van der Waals surface area contributed by atoms with Crippen molar-refractivity contribution >= 4 is 16.7 Å². The third-order valence-electron chi connectivity index (χ3n) is 6.32. The number of benzene rings is 4. The van der Waals surface area contributed by atoms with Gasteiger partial charge < -0.3 is 15.0 Å². The van der Waals surface area contributed by atoms with Gasteiger partial charge in [0, 0.05) is 32.2 Å². The summed E-state index contributed by atoms with van der Waals surface area (Å²) in [4.78, 5) is 13.5. The van der Waals surface area contributed by atoms with Gasteiger partial charge in [0.05, 0.1) is 5.56 Å². The fourth-order valence-corrected chi connectivity index (χ4v) is 4.15. The maximum atomic E-state index is 13.1. The highest BCUT2D eigenvalue weighted by Gasteiger charge is 2.30. The number of nitrogens with one attached hydrogen (secondary N) is 1. The molecule has 0 heterocycles. The first-order valence-electron chi connectivity index (χ1n) is 12.0. The Labute approximate surface area is 214 Å². The molecule has 1 unspecified atom stereocenters. The monoisotopic (exact) mass is 506 g/mol. The molecular formula is C30H29F3N2O2. The Kier molecular flexibility index (Phi) is 7.83. The van der Waals surface area contributed by atoms with Gasteiger partial charge in [0.1, 0.15) is 5.75 Å². The van der Waals surface area contributed by atoms with E-state index in [1.807, 2.05) is 30.3 Å². The third-order valence-corrected chi connectivity index (χ3v) is 6.32. The van der Waals surface area contributed by atoms with Gasteiger partial charge in [0.15, 0.2) is 6.61 Å². The SMILES string of the molecule is CC(NCc1ccc(OCC(=O)N(C)C)c(-c2ccc(C(F)(F)F)cc2)c1)c1cccc2ccccc12. The quantitative estimate of drug-likeness (QED) is 0.284. The summed E-state index contributed by atoms with van der Waals surface area (Å²) in [5, 5.41) is 5.91. The molecule has 37 heavy (non-hydrogen) atoms. The summed E-state index contributed by atoms with van der Waals surface area (Å²) in [6.07, 6.45) is -4.42. The van der Waals surface area contributed by atoms with Crippen LogP contribution in [0, 0.1) is 0 Å². The van der Waals surface area contributed by atoms with Crippen molar-refractivity contribution in [1.82, 2.24) is 10.2 Å². The number of alkyl halides is 3. The minimum atomic E-state index is -4.42. The highest BCUT2D eigenvalue weighted by Crippen LogP contribution is 2.35. The van der Waals surface area contributed by atoms with E-state index in [2.05, 4.69) is 36.5 Å². The van der Waals surface area contributed by atoms with Gasteiger partial charge >= 0.3 is 6.18 Å². The van der Waals surface area contributed by atoms with Gasteiger partial charge in [-0.2, -0.15) is 13.2 Å². The molecule has 0 aliphatic heterocycles. The molecule has 0 saturated carbocycles. The topological polar surface area (TPSA) is 41.6 Å². The second-order valence-corrected chi connectivity index (χ2v) is 9.15. The molecule has 0 radical (unpaired) electrons. The molecule has 0 saturated heterocycles. The van der Waals surface area contributed by atoms with Gasteiger partial charge in [-0.1, -0.05) is 60.7 Å². The predicted molar refractivity (Wildman–Crippen MR) is 140 cm³/mol. The smallest absolute Gasteiger partial charge is 0.416 e. The van der Waals surface area contributed by atoms with Crippen LogP contribution in [0.4, 0.5) is 13.2 Å². The lowest BCUT2D eigenvalue weighted by molar-refractivity contribution is -0.137. The fraction of sp³-hybridized carbons (Fsp3) is 0.233. The van der Waals surface area contributed by atoms with Crippen molar-refractivity contribution in [2.24, 2.45) is 0 Å². The van der Waals surface area contributed by atoms with E-state index in [4.69, 9.17) is 4.74 Å². The lowest BCUT2D eigenvalue weighted by atomic mass is 9.98. The molecule has 1 N–H and O–H groups in total. The summed E-state index contributed by atoms with van der Waals surface area (Å²) in [6, 6.07) is 25.0. The third kappa shape index (κ3) is 6.30. The second-order valence-electron chi connectivity index (χ2n) is 9.15. The molecule has 7 heteroatoms. The van der Waals surface area contributed by atoms with Crippen LogP contribution in [-0.2, 0) is 17.5 Å². The number of rotatable bonds is 8. The average Bonchev–Trinajstić information content (AvgIpc) is 2.89. The zero-order valence-corrected chi connectivity index (χ0v) is 21.0. The summed E-state index contributed by atoms with van der Waals surface area (Å²) in [7, 11) is 3.27. The Morgan fingerprint density at radius 1 is 0.946 bits per heavy atom. The Morgan fingerprint density at radius 2 is 1.65 bits per heavy atom. The minimum Gasteiger partial charge on any atom is -0.483 e. The van der Waals surface area contributed by atoms with E-state index in [9.17, 15) is 18.0 Å². The summed E-state index contributed by atoms with van der Waals surface area (Å²) < 4.78 is 45.0. The molecule has 4 aromatic rings. The number of carbonyl (C=O) groups excluding carboxylic acids is 1. The molecule has 0 aliphatic rings. The molecule has 0 fully saturated rings. The summed E-state index contributed by atoms with van der Waals surface area (Å²) >= 11 is 0. The molecule has 0 spiro atoms. The van der Waals surface area contributed by atoms with Crippen LogP contribution in [0.3, 0.4) is 0 Å². The van der Waals surface area contributed by atoms with E-state index in [1.54, 1.807) is 20.2 Å². The lowest BCUT2D eigenvalue weighted by Gasteiger charge is -2.18. The Morgan fingerprint density at radius 3 is 2.35 bits per heavy atom. The molecule has 1 atom stereocenters. The van der Waals surface area contributed by atoms with Crippen LogP contribution >= 0.6 is 0 Å². The van der Waals surface area contributed by atoms with Crippen molar-refractivity contribution in [2.45, 2.75) is 25.7 Å². The van der Waals surface area contributed by atoms with Crippen LogP contribution < -0.4 is 10.1 Å². The first-order valence-corrected chi connectivity index (χ1v) is 12.0. The van der Waals surface area contributed by atoms with Gasteiger partial charge in [-0.15, -0.1) is 0 Å². The van der Waals surface area contributed by atoms with Crippen LogP contribution in [0.15, 0.2) is 84.9 Å². The van der Waals surface area contributed by atoms with E-state index in [-0.39, 0.29) is 18.6 Å². The Balaban J connectivity index is 1.59. The maximum absolute atomic E-state index is 13.1. The van der Waals surface area contributed by atoms with Gasteiger partial charge in [0.2, 0.25) is 0 Å². The molecule has 4 aromatic carbocycles. The highest BCUT2D eigenvalue weighted by molar-refractivity contribution is 5.86. The molecule has 0 bridgehead atoms. The number of nitrogens with zero attached hydrogens (tertiary/aromatic N) is 1. The first kappa shape index (κ1) is 26.2. The number of hydrogen-bond donors (Lipinski definition) is 1. The van der Waals surface area contributed by atoms with Crippen molar-refractivity contribution in [2.75, 3.05) is 20.7 Å². The zero-order valence-electron chi connectivity index (χ0n) is 21.0. The Hall–Kier alpha value is -3.84. The number of likely N-dealkylation sites (N-methyl/N-ethyl adjacent to an activating group) is 1. The summed E-state index contributed by atoms with van der Waals surface area (Å²) in [6.45, 7) is 2.47. The second kappa shape index (κ2) is 11.0. The van der Waals surface area contributed by atoms with Crippen molar-refractivity contribution in [1.29, 1.82) is 0 Å². The lowest BCUT2D eigenvalue weighted by Crippen LogP contribution is -2.27. The van der Waals surface area contributed by atoms with Crippen LogP contribution in [0.5, 0.6) is 5.75 Å². The van der Waals surface area contributed by atoms with E-state index in [1.165, 1.54) is 33.4 Å². The van der Waals surface area contributed by atoms with Crippen LogP contribution in [0.2, 0.25) is 0 Å². The van der Waals surface area contributed by atoms with Crippen molar-refractivity contribution in [3.63, 3.8) is 0 Å². The maximum Gasteiger partial charge on any atom is 0.416 e. The number of amides is 1. The van der Waals surface area contributed by atoms with Crippen molar-refractivity contribution in [3.8, 4) is 16.9 Å². The molecule has 4 nitrogen and oxygen atoms in total. The molecule has 192 valence electrons.